The van der Waals surface area contributed by atoms with Crippen LogP contribution in [-0.4, -0.2) is 5.84 Å². The summed E-state index contributed by atoms with van der Waals surface area (Å²) in [6.07, 6.45) is 7.47. The van der Waals surface area contributed by atoms with E-state index in [-0.39, 0.29) is 0 Å². The lowest BCUT2D eigenvalue weighted by Gasteiger charge is -2.19. The minimum absolute atomic E-state index is 0.959. The summed E-state index contributed by atoms with van der Waals surface area (Å²) in [7, 11) is 0. The third-order valence-electron chi connectivity index (χ3n) is 2.70. The van der Waals surface area contributed by atoms with E-state index in [2.05, 4.69) is 46.7 Å². The van der Waals surface area contributed by atoms with Gasteiger partial charge in [0.1, 0.15) is 5.84 Å². The quantitative estimate of drug-likeness (QED) is 0.676. The second-order valence-corrected chi connectivity index (χ2v) is 3.82. The standard InChI is InChI=1S/C13H12N2/c1-9-14-11-7-3-2-5-10-6-4-8-12(15-9)13(10)11/h2,4-8H,3H2,1H3,(H,14,15). The molecule has 1 heterocycles. The molecule has 0 saturated heterocycles. The van der Waals surface area contributed by atoms with Gasteiger partial charge in [0.25, 0.3) is 0 Å². The van der Waals surface area contributed by atoms with Gasteiger partial charge in [0.15, 0.2) is 0 Å². The molecule has 0 atom stereocenters. The molecule has 0 fully saturated rings. The average molecular weight is 196 g/mol. The number of nitrogens with one attached hydrogen (secondary N) is 1. The molecule has 0 bridgehead atoms. The van der Waals surface area contributed by atoms with Gasteiger partial charge in [-0.3, -0.25) is 0 Å². The van der Waals surface area contributed by atoms with Crippen LogP contribution >= 0.6 is 0 Å². The van der Waals surface area contributed by atoms with Gasteiger partial charge in [0.05, 0.1) is 5.70 Å². The molecule has 3 rings (SSSR count). The minimum Gasteiger partial charge on any atom is -0.343 e. The molecule has 1 aromatic carbocycles. The molecule has 2 nitrogen and oxygen atoms in total. The summed E-state index contributed by atoms with van der Waals surface area (Å²) in [6, 6.07) is 6.31. The molecular weight excluding hydrogens is 184 g/mol. The third kappa shape index (κ3) is 1.30. The normalized spacial score (nSPS) is 17.1. The molecule has 1 N–H and O–H groups in total. The molecule has 0 radical (unpaired) electrons. The molecule has 0 amide bonds. The Balaban J connectivity index is 2.32. The summed E-state index contributed by atoms with van der Waals surface area (Å²) in [6.45, 7) is 1.99. The summed E-state index contributed by atoms with van der Waals surface area (Å²) >= 11 is 0. The van der Waals surface area contributed by atoms with Crippen LogP contribution < -0.4 is 5.32 Å². The molecule has 2 aliphatic rings. The van der Waals surface area contributed by atoms with E-state index in [4.69, 9.17) is 0 Å². The van der Waals surface area contributed by atoms with Crippen LogP contribution in [-0.2, 0) is 0 Å². The highest BCUT2D eigenvalue weighted by molar-refractivity contribution is 6.04. The van der Waals surface area contributed by atoms with Crippen LogP contribution in [0.5, 0.6) is 0 Å². The van der Waals surface area contributed by atoms with Crippen LogP contribution in [0.2, 0.25) is 0 Å². The summed E-state index contributed by atoms with van der Waals surface area (Å²) in [4.78, 5) is 4.54. The van der Waals surface area contributed by atoms with Crippen LogP contribution in [0.25, 0.3) is 11.8 Å². The zero-order valence-electron chi connectivity index (χ0n) is 8.62. The zero-order valence-corrected chi connectivity index (χ0v) is 8.62. The predicted molar refractivity (Wildman–Crippen MR) is 64.8 cm³/mol. The second-order valence-electron chi connectivity index (χ2n) is 3.82. The number of nitrogens with zero attached hydrogens (tertiary/aromatic N) is 1. The van der Waals surface area contributed by atoms with Crippen molar-refractivity contribution in [2.75, 3.05) is 5.32 Å². The maximum absolute atomic E-state index is 4.54. The van der Waals surface area contributed by atoms with Gasteiger partial charge in [0, 0.05) is 11.3 Å². The summed E-state index contributed by atoms with van der Waals surface area (Å²) in [5, 5.41) is 3.30. The molecule has 2 heteroatoms. The van der Waals surface area contributed by atoms with Crippen molar-refractivity contribution >= 4 is 23.3 Å². The van der Waals surface area contributed by atoms with Crippen molar-refractivity contribution in [1.82, 2.24) is 0 Å². The Labute approximate surface area is 89.0 Å². The van der Waals surface area contributed by atoms with Crippen LogP contribution in [0, 0.1) is 0 Å². The van der Waals surface area contributed by atoms with Crippen molar-refractivity contribution in [2.24, 2.45) is 4.99 Å². The fourth-order valence-electron chi connectivity index (χ4n) is 2.08. The molecule has 0 unspecified atom stereocenters. The number of allylic oxidation sites excluding steroid dienone is 2. The maximum atomic E-state index is 4.54. The van der Waals surface area contributed by atoms with Crippen molar-refractivity contribution in [3.8, 4) is 0 Å². The van der Waals surface area contributed by atoms with Crippen molar-refractivity contribution in [3.05, 3.63) is 41.5 Å². The zero-order chi connectivity index (χ0) is 10.3. The topological polar surface area (TPSA) is 24.4 Å². The second kappa shape index (κ2) is 3.09. The van der Waals surface area contributed by atoms with Crippen molar-refractivity contribution < 1.29 is 0 Å². The smallest absolute Gasteiger partial charge is 0.103 e. The van der Waals surface area contributed by atoms with E-state index in [1.54, 1.807) is 0 Å². The molecular formula is C13H12N2. The van der Waals surface area contributed by atoms with E-state index in [0.717, 1.165) is 23.6 Å². The highest BCUT2D eigenvalue weighted by Crippen LogP contribution is 2.34. The summed E-state index contributed by atoms with van der Waals surface area (Å²) in [5.74, 6) is 0.966. The largest absolute Gasteiger partial charge is 0.343 e. The van der Waals surface area contributed by atoms with E-state index < -0.39 is 0 Å². The van der Waals surface area contributed by atoms with Crippen LogP contribution in [0.1, 0.15) is 24.5 Å². The van der Waals surface area contributed by atoms with Crippen LogP contribution in [0.3, 0.4) is 0 Å². The molecule has 1 aliphatic carbocycles. The number of hydrogen-bond donors (Lipinski definition) is 1. The van der Waals surface area contributed by atoms with E-state index in [9.17, 15) is 0 Å². The van der Waals surface area contributed by atoms with Crippen LogP contribution in [0.4, 0.5) is 5.69 Å². The fraction of sp³-hybridized carbons (Fsp3) is 0.154. The maximum Gasteiger partial charge on any atom is 0.103 e. The van der Waals surface area contributed by atoms with Gasteiger partial charge in [-0.05, 0) is 25.0 Å². The van der Waals surface area contributed by atoms with Crippen molar-refractivity contribution in [3.63, 3.8) is 0 Å². The molecule has 1 aliphatic heterocycles. The fourth-order valence-corrected chi connectivity index (χ4v) is 2.08. The summed E-state index contributed by atoms with van der Waals surface area (Å²) < 4.78 is 0. The molecule has 0 saturated carbocycles. The number of aliphatic imine (C=N–C) groups is 1. The van der Waals surface area contributed by atoms with E-state index in [1.807, 2.05) is 6.92 Å². The third-order valence-corrected chi connectivity index (χ3v) is 2.70. The Hall–Kier alpha value is -1.83. The lowest BCUT2D eigenvalue weighted by molar-refractivity contribution is 1.36. The predicted octanol–water partition coefficient (Wildman–Crippen LogP) is 3.29. The van der Waals surface area contributed by atoms with Crippen molar-refractivity contribution in [2.45, 2.75) is 13.3 Å². The van der Waals surface area contributed by atoms with Gasteiger partial charge in [-0.25, -0.2) is 4.99 Å². The van der Waals surface area contributed by atoms with Crippen LogP contribution in [0.15, 0.2) is 35.3 Å². The number of amidine groups is 1. The monoisotopic (exact) mass is 196 g/mol. The number of rotatable bonds is 0. The Morgan fingerprint density at radius 1 is 1.33 bits per heavy atom. The first-order chi connectivity index (χ1) is 7.34. The average Bonchev–Trinajstić information content (AvgIpc) is 2.42. The first-order valence-corrected chi connectivity index (χ1v) is 5.17. The molecule has 15 heavy (non-hydrogen) atoms. The Bertz CT molecular complexity index is 507. The van der Waals surface area contributed by atoms with E-state index in [1.165, 1.54) is 11.1 Å². The van der Waals surface area contributed by atoms with Gasteiger partial charge < -0.3 is 5.32 Å². The van der Waals surface area contributed by atoms with Gasteiger partial charge in [-0.1, -0.05) is 30.4 Å². The van der Waals surface area contributed by atoms with Gasteiger partial charge in [-0.15, -0.1) is 0 Å². The van der Waals surface area contributed by atoms with E-state index >= 15 is 0 Å². The van der Waals surface area contributed by atoms with Gasteiger partial charge in [-0.2, -0.15) is 0 Å². The van der Waals surface area contributed by atoms with E-state index in [0.29, 0.717) is 0 Å². The van der Waals surface area contributed by atoms with Gasteiger partial charge in [0.2, 0.25) is 0 Å². The Kier molecular flexibility index (Phi) is 1.75. The number of benzene rings is 1. The highest BCUT2D eigenvalue weighted by Gasteiger charge is 2.17. The van der Waals surface area contributed by atoms with Gasteiger partial charge >= 0.3 is 0 Å². The lowest BCUT2D eigenvalue weighted by Crippen LogP contribution is -2.14. The molecule has 74 valence electrons. The number of anilines is 1. The Morgan fingerprint density at radius 2 is 2.27 bits per heavy atom. The van der Waals surface area contributed by atoms with Crippen molar-refractivity contribution in [1.29, 1.82) is 0 Å². The first-order valence-electron chi connectivity index (χ1n) is 5.17. The molecule has 0 spiro atoms. The lowest BCUT2D eigenvalue weighted by atomic mass is 10.0. The summed E-state index contributed by atoms with van der Waals surface area (Å²) in [5.41, 5.74) is 4.75. The molecule has 1 aromatic rings. The molecule has 0 aromatic heterocycles. The SMILES string of the molecule is CC1=NC2=CCC=Cc3cccc(c32)N1. The Morgan fingerprint density at radius 3 is 3.20 bits per heavy atom. The first kappa shape index (κ1) is 8.48. The number of hydrogen-bond acceptors (Lipinski definition) is 2. The minimum atomic E-state index is 0.959. The highest BCUT2D eigenvalue weighted by atomic mass is 15.0.